The van der Waals surface area contributed by atoms with Crippen LogP contribution >= 0.6 is 23.2 Å². The van der Waals surface area contributed by atoms with Gasteiger partial charge in [0.25, 0.3) is 0 Å². The molecule has 4 rings (SSSR count). The molecule has 0 spiro atoms. The minimum atomic E-state index is -1.19. The molecule has 2 aromatic carbocycles. The summed E-state index contributed by atoms with van der Waals surface area (Å²) in [6.45, 7) is -0.327. The highest BCUT2D eigenvalue weighted by molar-refractivity contribution is 6.42. The molecule has 2 saturated heterocycles. The smallest absolute Gasteiger partial charge is 0.185 e. The van der Waals surface area contributed by atoms with E-state index in [4.69, 9.17) is 51.6 Å². The zero-order valence-corrected chi connectivity index (χ0v) is 19.0. The molecule has 0 saturated carbocycles. The number of hydrogen-bond donors (Lipinski definition) is 2. The lowest BCUT2D eigenvalue weighted by atomic mass is 9.99. The van der Waals surface area contributed by atoms with E-state index in [9.17, 15) is 10.2 Å². The molecule has 174 valence electrons. The normalized spacial score (nSPS) is 28.6. The van der Waals surface area contributed by atoms with Gasteiger partial charge in [0.15, 0.2) is 24.1 Å². The van der Waals surface area contributed by atoms with Crippen molar-refractivity contribution in [1.82, 2.24) is 0 Å². The second kappa shape index (κ2) is 10.1. The van der Waals surface area contributed by atoms with E-state index in [2.05, 4.69) is 0 Å². The summed E-state index contributed by atoms with van der Waals surface area (Å²) in [4.78, 5) is 0. The molecule has 0 bridgehead atoms. The Morgan fingerprint density at radius 2 is 1.66 bits per heavy atom. The third-order valence-electron chi connectivity index (χ3n) is 5.42. The van der Waals surface area contributed by atoms with Gasteiger partial charge in [-0.3, -0.25) is 0 Å². The predicted octanol–water partition coefficient (Wildman–Crippen LogP) is 3.26. The Hall–Kier alpha value is -1.62. The minimum absolute atomic E-state index is 0.180. The molecule has 2 aromatic rings. The van der Waals surface area contributed by atoms with Crippen molar-refractivity contribution in [3.05, 3.63) is 57.6 Å². The van der Waals surface area contributed by atoms with Crippen LogP contribution in [0.15, 0.2) is 36.4 Å². The minimum Gasteiger partial charge on any atom is -0.493 e. The van der Waals surface area contributed by atoms with E-state index in [-0.39, 0.29) is 6.61 Å². The maximum atomic E-state index is 10.5. The first-order valence-corrected chi connectivity index (χ1v) is 10.7. The molecule has 2 N–H and O–H groups in total. The van der Waals surface area contributed by atoms with Crippen LogP contribution in [0, 0.1) is 0 Å². The summed E-state index contributed by atoms with van der Waals surface area (Å²) in [6, 6.07) is 10.3. The highest BCUT2D eigenvalue weighted by Crippen LogP contribution is 2.41. The third-order valence-corrected chi connectivity index (χ3v) is 6.16. The van der Waals surface area contributed by atoms with E-state index < -0.39 is 43.6 Å². The van der Waals surface area contributed by atoms with Crippen molar-refractivity contribution >= 4 is 23.2 Å². The number of fused-ring (bicyclic) bond motifs is 1. The predicted molar refractivity (Wildman–Crippen MR) is 115 cm³/mol. The van der Waals surface area contributed by atoms with Gasteiger partial charge in [0.1, 0.15) is 24.4 Å². The zero-order valence-electron chi connectivity index (χ0n) is 17.4. The van der Waals surface area contributed by atoms with Gasteiger partial charge in [-0.25, -0.2) is 0 Å². The molecule has 0 aromatic heterocycles. The number of rotatable bonds is 6. The summed E-state index contributed by atoms with van der Waals surface area (Å²) in [7, 11) is 3.09. The molecule has 2 aliphatic heterocycles. The number of benzene rings is 2. The Bertz CT molecular complexity index is 942. The van der Waals surface area contributed by atoms with Gasteiger partial charge in [0, 0.05) is 11.1 Å². The first-order valence-electron chi connectivity index (χ1n) is 9.99. The second-order valence-electron chi connectivity index (χ2n) is 7.41. The molecule has 32 heavy (non-hydrogen) atoms. The number of methoxy groups -OCH3 is 2. The summed E-state index contributed by atoms with van der Waals surface area (Å²) in [5.41, 5.74) is 1.32. The quantitative estimate of drug-likeness (QED) is 0.642. The van der Waals surface area contributed by atoms with Crippen molar-refractivity contribution < 1.29 is 38.6 Å². The molecule has 0 aliphatic carbocycles. The van der Waals surface area contributed by atoms with Gasteiger partial charge in [0.2, 0.25) is 0 Å². The fourth-order valence-electron chi connectivity index (χ4n) is 3.77. The van der Waals surface area contributed by atoms with Gasteiger partial charge in [0.05, 0.1) is 37.5 Å². The van der Waals surface area contributed by atoms with E-state index in [0.29, 0.717) is 32.7 Å². The molecule has 6 atom stereocenters. The van der Waals surface area contributed by atoms with Crippen LogP contribution in [-0.2, 0) is 18.9 Å². The second-order valence-corrected chi connectivity index (χ2v) is 8.23. The molecule has 2 aliphatic rings. The van der Waals surface area contributed by atoms with E-state index in [0.717, 1.165) is 0 Å². The molecular formula is C22H24Cl2O8. The Balaban J connectivity index is 1.57. The SMILES string of the molecule is COc1ccc(C2OC[C@@H]3OC(c4ccc(Cl)c(Cl)c4)O[C@H]([C@H](O)CO)[C@@H]3O2)cc1OC. The Labute approximate surface area is 195 Å². The van der Waals surface area contributed by atoms with Gasteiger partial charge in [-0.2, -0.15) is 0 Å². The highest BCUT2D eigenvalue weighted by atomic mass is 35.5. The molecule has 2 unspecified atom stereocenters. The lowest BCUT2D eigenvalue weighted by Crippen LogP contribution is -2.58. The zero-order chi connectivity index (χ0) is 22.8. The van der Waals surface area contributed by atoms with Crippen LogP contribution in [0.3, 0.4) is 0 Å². The first kappa shape index (κ1) is 23.5. The van der Waals surface area contributed by atoms with Crippen LogP contribution in [0.4, 0.5) is 0 Å². The largest absolute Gasteiger partial charge is 0.493 e. The molecule has 8 nitrogen and oxygen atoms in total. The summed E-state index contributed by atoms with van der Waals surface area (Å²) in [5.74, 6) is 1.11. The molecule has 10 heteroatoms. The van der Waals surface area contributed by atoms with Crippen LogP contribution < -0.4 is 9.47 Å². The lowest BCUT2D eigenvalue weighted by Gasteiger charge is -2.47. The van der Waals surface area contributed by atoms with Crippen molar-refractivity contribution in [3.63, 3.8) is 0 Å². The monoisotopic (exact) mass is 486 g/mol. The molecule has 0 amide bonds. The third kappa shape index (κ3) is 4.69. The standard InChI is InChI=1S/C22H24Cl2O8/c1-27-16-6-4-12(8-17(16)28-2)21-29-10-18-20(32-21)19(15(26)9-25)31-22(30-18)11-3-5-13(23)14(24)7-11/h3-8,15,18-22,25-26H,9-10H2,1-2H3/t15-,18+,19-,20-,21?,22?/m1/s1. The summed E-state index contributed by atoms with van der Waals surface area (Å²) in [6.07, 6.45) is -4.90. The van der Waals surface area contributed by atoms with E-state index in [1.807, 2.05) is 0 Å². The Morgan fingerprint density at radius 3 is 2.34 bits per heavy atom. The fourth-order valence-corrected chi connectivity index (χ4v) is 4.07. The van der Waals surface area contributed by atoms with Crippen molar-refractivity contribution in [2.24, 2.45) is 0 Å². The van der Waals surface area contributed by atoms with Gasteiger partial charge >= 0.3 is 0 Å². The van der Waals surface area contributed by atoms with Crippen LogP contribution in [0.2, 0.25) is 10.0 Å². The molecule has 2 heterocycles. The van der Waals surface area contributed by atoms with Gasteiger partial charge < -0.3 is 38.6 Å². The van der Waals surface area contributed by atoms with E-state index in [1.165, 1.54) is 0 Å². The van der Waals surface area contributed by atoms with Crippen molar-refractivity contribution in [1.29, 1.82) is 0 Å². The number of hydrogen-bond acceptors (Lipinski definition) is 8. The summed E-state index contributed by atoms with van der Waals surface area (Å²) in [5, 5.41) is 20.8. The van der Waals surface area contributed by atoms with Crippen LogP contribution in [-0.4, -0.2) is 62.1 Å². The summed E-state index contributed by atoms with van der Waals surface area (Å²) >= 11 is 12.1. The van der Waals surface area contributed by atoms with Gasteiger partial charge in [-0.1, -0.05) is 35.3 Å². The van der Waals surface area contributed by atoms with Crippen molar-refractivity contribution in [3.8, 4) is 11.5 Å². The van der Waals surface area contributed by atoms with Crippen LogP contribution in [0.1, 0.15) is 23.7 Å². The number of aliphatic hydroxyl groups excluding tert-OH is 2. The highest BCUT2D eigenvalue weighted by Gasteiger charge is 2.48. The molecule has 0 radical (unpaired) electrons. The maximum Gasteiger partial charge on any atom is 0.185 e. The van der Waals surface area contributed by atoms with Crippen molar-refractivity contribution in [2.45, 2.75) is 37.0 Å². The maximum absolute atomic E-state index is 10.5. The first-order chi connectivity index (χ1) is 15.4. The fraction of sp³-hybridized carbons (Fsp3) is 0.455. The van der Waals surface area contributed by atoms with Crippen LogP contribution in [0.25, 0.3) is 0 Å². The van der Waals surface area contributed by atoms with E-state index >= 15 is 0 Å². The van der Waals surface area contributed by atoms with Gasteiger partial charge in [-0.15, -0.1) is 0 Å². The van der Waals surface area contributed by atoms with E-state index in [1.54, 1.807) is 50.6 Å². The summed E-state index contributed by atoms with van der Waals surface area (Å²) < 4.78 is 34.7. The van der Waals surface area contributed by atoms with Crippen LogP contribution in [0.5, 0.6) is 11.5 Å². The number of ether oxygens (including phenoxy) is 6. The molecular weight excluding hydrogens is 463 g/mol. The number of aliphatic hydroxyl groups is 2. The van der Waals surface area contributed by atoms with Crippen molar-refractivity contribution in [2.75, 3.05) is 27.4 Å². The average Bonchev–Trinajstić information content (AvgIpc) is 2.83. The van der Waals surface area contributed by atoms with Gasteiger partial charge in [-0.05, 0) is 24.3 Å². The average molecular weight is 487 g/mol. The number of halogens is 2. The Kier molecular flexibility index (Phi) is 7.44. The lowest BCUT2D eigenvalue weighted by molar-refractivity contribution is -0.373. The Morgan fingerprint density at radius 1 is 0.938 bits per heavy atom. The molecule has 2 fully saturated rings. The topological polar surface area (TPSA) is 95.8 Å².